The Balaban J connectivity index is 1.82. The molecule has 3 rings (SSSR count). The van der Waals surface area contributed by atoms with E-state index in [1.807, 2.05) is 24.3 Å². The number of esters is 1. The van der Waals surface area contributed by atoms with Crippen molar-refractivity contribution in [2.75, 3.05) is 6.61 Å². The van der Waals surface area contributed by atoms with Gasteiger partial charge < -0.3 is 19.5 Å². The van der Waals surface area contributed by atoms with Gasteiger partial charge in [-0.1, -0.05) is 55.3 Å². The number of halogens is 1. The summed E-state index contributed by atoms with van der Waals surface area (Å²) in [6, 6.07) is 7.80. The minimum absolute atomic E-state index is 0.0421. The highest BCUT2D eigenvalue weighted by molar-refractivity contribution is 9.10. The molecule has 7 heteroatoms. The van der Waals surface area contributed by atoms with Gasteiger partial charge in [-0.2, -0.15) is 0 Å². The molecular weight excluding hydrogens is 486 g/mol. The second-order valence-electron chi connectivity index (χ2n) is 11.0. The first-order valence-electron chi connectivity index (χ1n) is 12.0. The number of ether oxygens (including phenoxy) is 3. The van der Waals surface area contributed by atoms with Crippen molar-refractivity contribution in [1.29, 1.82) is 0 Å². The van der Waals surface area contributed by atoms with Crippen LogP contribution in [-0.4, -0.2) is 35.9 Å². The van der Waals surface area contributed by atoms with Gasteiger partial charge in [0.1, 0.15) is 11.7 Å². The van der Waals surface area contributed by atoms with E-state index in [1.54, 1.807) is 20.8 Å². The lowest BCUT2D eigenvalue weighted by molar-refractivity contribution is -0.164. The zero-order valence-corrected chi connectivity index (χ0v) is 22.2. The Morgan fingerprint density at radius 2 is 1.85 bits per heavy atom. The molecule has 0 spiro atoms. The van der Waals surface area contributed by atoms with Crippen LogP contribution < -0.4 is 5.32 Å². The first-order chi connectivity index (χ1) is 15.4. The molecule has 0 aromatic heterocycles. The minimum atomic E-state index is -1.29. The molecule has 6 nitrogen and oxygen atoms in total. The quantitative estimate of drug-likeness (QED) is 0.466. The van der Waals surface area contributed by atoms with Crippen molar-refractivity contribution in [3.63, 3.8) is 0 Å². The Bertz CT molecular complexity index is 834. The van der Waals surface area contributed by atoms with E-state index in [0.717, 1.165) is 29.3 Å². The minimum Gasteiger partial charge on any atom is -0.460 e. The molecule has 184 valence electrons. The SMILES string of the molecule is CC1CCC(C(C)C)C(OC(=O)C2(NC(=O)OC(C)(C)C)COC(c3ccc(Br)cc3)C2)C1. The molecule has 5 atom stereocenters. The molecule has 1 saturated carbocycles. The molecular formula is C26H38BrNO5. The molecule has 1 aromatic rings. The van der Waals surface area contributed by atoms with Gasteiger partial charge >= 0.3 is 12.1 Å². The lowest BCUT2D eigenvalue weighted by atomic mass is 9.75. The Morgan fingerprint density at radius 3 is 2.45 bits per heavy atom. The lowest BCUT2D eigenvalue weighted by Gasteiger charge is -2.38. The zero-order chi connectivity index (χ0) is 24.4. The van der Waals surface area contributed by atoms with Crippen LogP contribution in [-0.2, 0) is 19.0 Å². The third-order valence-corrected chi connectivity index (χ3v) is 7.19. The maximum atomic E-state index is 13.7. The molecule has 33 heavy (non-hydrogen) atoms. The highest BCUT2D eigenvalue weighted by Crippen LogP contribution is 2.40. The molecule has 2 fully saturated rings. The number of benzene rings is 1. The smallest absolute Gasteiger partial charge is 0.408 e. The van der Waals surface area contributed by atoms with Gasteiger partial charge in [-0.05, 0) is 69.1 Å². The maximum Gasteiger partial charge on any atom is 0.408 e. The number of carbonyl (C=O) groups is 2. The Hall–Kier alpha value is -1.60. The molecule has 1 amide bonds. The van der Waals surface area contributed by atoms with Crippen LogP contribution in [0.1, 0.15) is 78.9 Å². The van der Waals surface area contributed by atoms with Crippen LogP contribution in [0.3, 0.4) is 0 Å². The lowest BCUT2D eigenvalue weighted by Crippen LogP contribution is -2.58. The Labute approximate surface area is 206 Å². The topological polar surface area (TPSA) is 73.9 Å². The second kappa shape index (κ2) is 10.3. The first-order valence-corrected chi connectivity index (χ1v) is 12.8. The van der Waals surface area contributed by atoms with Gasteiger partial charge in [0.15, 0.2) is 5.54 Å². The molecule has 5 unspecified atom stereocenters. The zero-order valence-electron chi connectivity index (χ0n) is 20.7. The number of hydrogen-bond donors (Lipinski definition) is 1. The van der Waals surface area contributed by atoms with E-state index in [4.69, 9.17) is 14.2 Å². The third-order valence-electron chi connectivity index (χ3n) is 6.66. The Morgan fingerprint density at radius 1 is 1.18 bits per heavy atom. The third kappa shape index (κ3) is 6.72. The van der Waals surface area contributed by atoms with E-state index >= 15 is 0 Å². The summed E-state index contributed by atoms with van der Waals surface area (Å²) in [7, 11) is 0. The maximum absolute atomic E-state index is 13.7. The van der Waals surface area contributed by atoms with Gasteiger partial charge in [-0.3, -0.25) is 0 Å². The van der Waals surface area contributed by atoms with Crippen molar-refractivity contribution in [3.05, 3.63) is 34.3 Å². The number of alkyl carbamates (subject to hydrolysis) is 1. The summed E-state index contributed by atoms with van der Waals surface area (Å²) >= 11 is 3.45. The number of carbonyl (C=O) groups excluding carboxylic acids is 2. The summed E-state index contributed by atoms with van der Waals surface area (Å²) in [5, 5.41) is 2.83. The van der Waals surface area contributed by atoms with Crippen LogP contribution in [0.4, 0.5) is 4.79 Å². The van der Waals surface area contributed by atoms with Crippen molar-refractivity contribution in [1.82, 2.24) is 5.32 Å². The average molecular weight is 524 g/mol. The van der Waals surface area contributed by atoms with Gasteiger partial charge in [0.05, 0.1) is 12.7 Å². The molecule has 1 aliphatic heterocycles. The molecule has 1 aliphatic carbocycles. The van der Waals surface area contributed by atoms with Crippen LogP contribution in [0.5, 0.6) is 0 Å². The van der Waals surface area contributed by atoms with Crippen molar-refractivity contribution in [2.24, 2.45) is 17.8 Å². The predicted molar refractivity (Wildman–Crippen MR) is 131 cm³/mol. The number of nitrogens with one attached hydrogen (secondary N) is 1. The standard InChI is InChI=1S/C26H38BrNO5/c1-16(2)20-12-7-17(3)13-21(20)32-23(29)26(28-24(30)33-25(4,5)6)14-22(31-15-26)18-8-10-19(27)11-9-18/h8-11,16-17,20-22H,7,12-15H2,1-6H3,(H,28,30). The summed E-state index contributed by atoms with van der Waals surface area (Å²) in [4.78, 5) is 26.4. The number of rotatable bonds is 5. The van der Waals surface area contributed by atoms with Crippen molar-refractivity contribution < 1.29 is 23.8 Å². The number of amides is 1. The average Bonchev–Trinajstić information content (AvgIpc) is 3.12. The van der Waals surface area contributed by atoms with E-state index < -0.39 is 23.2 Å². The molecule has 1 aromatic carbocycles. The summed E-state index contributed by atoms with van der Waals surface area (Å²) in [6.07, 6.45) is 2.19. The van der Waals surface area contributed by atoms with E-state index in [1.165, 1.54) is 0 Å². The molecule has 0 radical (unpaired) electrons. The fraction of sp³-hybridized carbons (Fsp3) is 0.692. The number of hydrogen-bond acceptors (Lipinski definition) is 5. The van der Waals surface area contributed by atoms with E-state index in [-0.39, 0.29) is 18.8 Å². The monoisotopic (exact) mass is 523 g/mol. The largest absolute Gasteiger partial charge is 0.460 e. The highest BCUT2D eigenvalue weighted by Gasteiger charge is 2.51. The second-order valence-corrected chi connectivity index (χ2v) is 11.9. The van der Waals surface area contributed by atoms with Crippen LogP contribution in [0, 0.1) is 17.8 Å². The van der Waals surface area contributed by atoms with Crippen molar-refractivity contribution >= 4 is 28.0 Å². The van der Waals surface area contributed by atoms with Crippen molar-refractivity contribution in [2.45, 2.75) is 90.6 Å². The van der Waals surface area contributed by atoms with Crippen LogP contribution in [0.25, 0.3) is 0 Å². The molecule has 2 aliphatic rings. The van der Waals surface area contributed by atoms with E-state index in [9.17, 15) is 9.59 Å². The van der Waals surface area contributed by atoms with Crippen LogP contribution in [0.15, 0.2) is 28.7 Å². The van der Waals surface area contributed by atoms with Gasteiger partial charge in [0.2, 0.25) is 0 Å². The fourth-order valence-electron chi connectivity index (χ4n) is 4.85. The van der Waals surface area contributed by atoms with Gasteiger partial charge in [0, 0.05) is 10.9 Å². The summed E-state index contributed by atoms with van der Waals surface area (Å²) in [5.74, 6) is 0.800. The molecule has 1 N–H and O–H groups in total. The summed E-state index contributed by atoms with van der Waals surface area (Å²) in [6.45, 7) is 12.0. The normalized spacial score (nSPS) is 30.2. The highest BCUT2D eigenvalue weighted by atomic mass is 79.9. The van der Waals surface area contributed by atoms with Crippen LogP contribution >= 0.6 is 15.9 Å². The summed E-state index contributed by atoms with van der Waals surface area (Å²) in [5.41, 5.74) is -1.02. The molecule has 0 bridgehead atoms. The van der Waals surface area contributed by atoms with Crippen molar-refractivity contribution in [3.8, 4) is 0 Å². The summed E-state index contributed by atoms with van der Waals surface area (Å²) < 4.78 is 18.6. The Kier molecular flexibility index (Phi) is 8.15. The predicted octanol–water partition coefficient (Wildman–Crippen LogP) is 6.18. The first kappa shape index (κ1) is 26.0. The van der Waals surface area contributed by atoms with E-state index in [0.29, 0.717) is 24.2 Å². The van der Waals surface area contributed by atoms with Crippen LogP contribution in [0.2, 0.25) is 0 Å². The van der Waals surface area contributed by atoms with Gasteiger partial charge in [0.25, 0.3) is 0 Å². The van der Waals surface area contributed by atoms with Gasteiger partial charge in [-0.15, -0.1) is 0 Å². The van der Waals surface area contributed by atoms with E-state index in [2.05, 4.69) is 42.0 Å². The van der Waals surface area contributed by atoms with Gasteiger partial charge in [-0.25, -0.2) is 9.59 Å². The molecule has 1 heterocycles. The molecule has 1 saturated heterocycles. The fourth-order valence-corrected chi connectivity index (χ4v) is 5.11.